The van der Waals surface area contributed by atoms with Gasteiger partial charge in [0, 0.05) is 19.6 Å². The minimum absolute atomic E-state index is 0.434. The quantitative estimate of drug-likeness (QED) is 0.919. The number of thiophene rings is 1. The molecule has 1 saturated heterocycles. The average molecular weight is 278 g/mol. The molecule has 4 nitrogen and oxygen atoms in total. The van der Waals surface area contributed by atoms with Gasteiger partial charge in [0.15, 0.2) is 0 Å². The lowest BCUT2D eigenvalue weighted by Gasteiger charge is -2.22. The SMILES string of the molecule is C=C1N(CC2CC2)CCN1c1cc(C)c(C(=O)O)s1. The van der Waals surface area contributed by atoms with Crippen LogP contribution in [0.1, 0.15) is 28.1 Å². The van der Waals surface area contributed by atoms with Crippen LogP contribution in [0, 0.1) is 12.8 Å². The summed E-state index contributed by atoms with van der Waals surface area (Å²) in [6.07, 6.45) is 2.68. The molecule has 1 aliphatic heterocycles. The lowest BCUT2D eigenvalue weighted by Crippen LogP contribution is -2.23. The summed E-state index contributed by atoms with van der Waals surface area (Å²) in [5.74, 6) is 1.02. The van der Waals surface area contributed by atoms with E-state index in [2.05, 4.69) is 16.4 Å². The molecule has 0 bridgehead atoms. The van der Waals surface area contributed by atoms with Crippen molar-refractivity contribution in [2.75, 3.05) is 24.5 Å². The first kappa shape index (κ1) is 12.5. The molecule has 0 unspecified atom stereocenters. The third-order valence-electron chi connectivity index (χ3n) is 3.81. The summed E-state index contributed by atoms with van der Waals surface area (Å²) in [4.78, 5) is 16.0. The van der Waals surface area contributed by atoms with Gasteiger partial charge in [0.05, 0.1) is 5.00 Å². The van der Waals surface area contributed by atoms with Crippen LogP contribution in [0.15, 0.2) is 18.5 Å². The van der Waals surface area contributed by atoms with Gasteiger partial charge in [-0.1, -0.05) is 6.58 Å². The standard InChI is InChI=1S/C14H18N2O2S/c1-9-7-12(19-13(9)14(17)18)16-6-5-15(10(16)2)8-11-3-4-11/h7,11H,2-6,8H2,1H3,(H,17,18). The van der Waals surface area contributed by atoms with E-state index in [1.54, 1.807) is 0 Å². The normalized spacial score (nSPS) is 19.3. The number of carboxylic acids is 1. The molecule has 0 aromatic carbocycles. The van der Waals surface area contributed by atoms with Crippen molar-refractivity contribution in [1.82, 2.24) is 4.90 Å². The largest absolute Gasteiger partial charge is 0.477 e. The van der Waals surface area contributed by atoms with Crippen molar-refractivity contribution in [1.29, 1.82) is 0 Å². The molecule has 0 atom stereocenters. The van der Waals surface area contributed by atoms with E-state index in [0.717, 1.165) is 41.9 Å². The van der Waals surface area contributed by atoms with Crippen LogP contribution in [-0.2, 0) is 0 Å². The Labute approximate surface area is 116 Å². The molecular formula is C14H18N2O2S. The van der Waals surface area contributed by atoms with Gasteiger partial charge in [-0.15, -0.1) is 11.3 Å². The fraction of sp³-hybridized carbons (Fsp3) is 0.500. The first-order chi connectivity index (χ1) is 9.06. The lowest BCUT2D eigenvalue weighted by atomic mass is 10.3. The lowest BCUT2D eigenvalue weighted by molar-refractivity contribution is 0.0701. The Bertz CT molecular complexity index is 534. The van der Waals surface area contributed by atoms with Crippen LogP contribution in [0.2, 0.25) is 0 Å². The van der Waals surface area contributed by atoms with E-state index < -0.39 is 5.97 Å². The average Bonchev–Trinajstić information content (AvgIpc) is 2.98. The molecule has 2 fully saturated rings. The van der Waals surface area contributed by atoms with E-state index in [-0.39, 0.29) is 0 Å². The first-order valence-electron chi connectivity index (χ1n) is 6.61. The number of hydrogen-bond donors (Lipinski definition) is 1. The summed E-state index contributed by atoms with van der Waals surface area (Å²) in [7, 11) is 0. The number of aryl methyl sites for hydroxylation is 1. The van der Waals surface area contributed by atoms with E-state index in [9.17, 15) is 4.79 Å². The van der Waals surface area contributed by atoms with E-state index in [1.165, 1.54) is 24.2 Å². The maximum Gasteiger partial charge on any atom is 0.346 e. The second-order valence-corrected chi connectivity index (χ2v) is 6.39. The van der Waals surface area contributed by atoms with Gasteiger partial charge in [-0.2, -0.15) is 0 Å². The molecule has 0 amide bonds. The smallest absolute Gasteiger partial charge is 0.346 e. The van der Waals surface area contributed by atoms with Gasteiger partial charge in [-0.3, -0.25) is 0 Å². The van der Waals surface area contributed by atoms with Crippen LogP contribution in [0.4, 0.5) is 5.00 Å². The van der Waals surface area contributed by atoms with Gasteiger partial charge in [0.25, 0.3) is 0 Å². The number of nitrogens with zero attached hydrogens (tertiary/aromatic N) is 2. The Morgan fingerprint density at radius 2 is 2.26 bits per heavy atom. The molecule has 2 aliphatic rings. The van der Waals surface area contributed by atoms with E-state index >= 15 is 0 Å². The van der Waals surface area contributed by atoms with Crippen molar-refractivity contribution in [2.45, 2.75) is 19.8 Å². The molecule has 2 heterocycles. The molecule has 19 heavy (non-hydrogen) atoms. The Morgan fingerprint density at radius 1 is 1.53 bits per heavy atom. The van der Waals surface area contributed by atoms with Crippen molar-refractivity contribution in [3.8, 4) is 0 Å². The van der Waals surface area contributed by atoms with Crippen molar-refractivity contribution in [3.63, 3.8) is 0 Å². The van der Waals surface area contributed by atoms with Crippen molar-refractivity contribution in [3.05, 3.63) is 28.9 Å². The fourth-order valence-corrected chi connectivity index (χ4v) is 3.57. The summed E-state index contributed by atoms with van der Waals surface area (Å²) in [6.45, 7) is 9.03. The summed E-state index contributed by atoms with van der Waals surface area (Å²) >= 11 is 1.34. The van der Waals surface area contributed by atoms with E-state index in [1.807, 2.05) is 13.0 Å². The summed E-state index contributed by atoms with van der Waals surface area (Å²) in [5.41, 5.74) is 0.834. The minimum Gasteiger partial charge on any atom is -0.477 e. The fourth-order valence-electron chi connectivity index (χ4n) is 2.51. The molecule has 3 rings (SSSR count). The van der Waals surface area contributed by atoms with Gasteiger partial charge in [-0.05, 0) is 37.3 Å². The highest BCUT2D eigenvalue weighted by atomic mass is 32.1. The van der Waals surface area contributed by atoms with E-state index in [4.69, 9.17) is 5.11 Å². The number of carbonyl (C=O) groups is 1. The second-order valence-electron chi connectivity index (χ2n) is 5.36. The molecule has 102 valence electrons. The van der Waals surface area contributed by atoms with Crippen LogP contribution in [0.5, 0.6) is 0 Å². The third kappa shape index (κ3) is 2.34. The third-order valence-corrected chi connectivity index (χ3v) is 5.06. The second kappa shape index (κ2) is 4.56. The highest BCUT2D eigenvalue weighted by molar-refractivity contribution is 7.18. The summed E-state index contributed by atoms with van der Waals surface area (Å²) in [5, 5.41) is 10.1. The van der Waals surface area contributed by atoms with Crippen molar-refractivity contribution in [2.24, 2.45) is 5.92 Å². The minimum atomic E-state index is -0.839. The molecular weight excluding hydrogens is 260 g/mol. The van der Waals surface area contributed by atoms with Crippen LogP contribution < -0.4 is 4.90 Å². The summed E-state index contributed by atoms with van der Waals surface area (Å²) in [6, 6.07) is 1.96. The molecule has 1 saturated carbocycles. The van der Waals surface area contributed by atoms with Gasteiger partial charge in [0.1, 0.15) is 10.7 Å². The van der Waals surface area contributed by atoms with Gasteiger partial charge in [0.2, 0.25) is 0 Å². The zero-order valence-corrected chi connectivity index (χ0v) is 11.9. The maximum atomic E-state index is 11.1. The van der Waals surface area contributed by atoms with E-state index in [0.29, 0.717) is 4.88 Å². The van der Waals surface area contributed by atoms with Crippen molar-refractivity contribution >= 4 is 22.3 Å². The van der Waals surface area contributed by atoms with Gasteiger partial charge in [-0.25, -0.2) is 4.79 Å². The number of carboxylic acid groups (broad SMARTS) is 1. The topological polar surface area (TPSA) is 43.8 Å². The number of aromatic carboxylic acids is 1. The molecule has 1 aromatic rings. The Morgan fingerprint density at radius 3 is 2.84 bits per heavy atom. The Hall–Kier alpha value is -1.49. The van der Waals surface area contributed by atoms with Crippen molar-refractivity contribution < 1.29 is 9.90 Å². The summed E-state index contributed by atoms with van der Waals surface area (Å²) < 4.78 is 0. The van der Waals surface area contributed by atoms with Gasteiger partial charge >= 0.3 is 5.97 Å². The maximum absolute atomic E-state index is 11.1. The van der Waals surface area contributed by atoms with Crippen LogP contribution >= 0.6 is 11.3 Å². The molecule has 0 spiro atoms. The highest BCUT2D eigenvalue weighted by Crippen LogP contribution is 2.37. The van der Waals surface area contributed by atoms with Crippen LogP contribution in [-0.4, -0.2) is 35.6 Å². The predicted molar refractivity (Wildman–Crippen MR) is 76.8 cm³/mol. The molecule has 1 N–H and O–H groups in total. The van der Waals surface area contributed by atoms with Gasteiger partial charge < -0.3 is 14.9 Å². The monoisotopic (exact) mass is 278 g/mol. The zero-order valence-electron chi connectivity index (χ0n) is 11.1. The first-order valence-corrected chi connectivity index (χ1v) is 7.43. The zero-order chi connectivity index (χ0) is 13.6. The Balaban J connectivity index is 1.77. The number of hydrogen-bond acceptors (Lipinski definition) is 4. The molecule has 5 heteroatoms. The predicted octanol–water partition coefficient (Wildman–Crippen LogP) is 2.76. The van der Waals surface area contributed by atoms with Crippen LogP contribution in [0.3, 0.4) is 0 Å². The number of anilines is 1. The Kier molecular flexibility index (Phi) is 3.01. The molecule has 0 radical (unpaired) electrons. The molecule has 1 aromatic heterocycles. The highest BCUT2D eigenvalue weighted by Gasteiger charge is 2.31. The molecule has 1 aliphatic carbocycles. The number of rotatable bonds is 4. The van der Waals surface area contributed by atoms with Crippen LogP contribution in [0.25, 0.3) is 0 Å².